The highest BCUT2D eigenvalue weighted by atomic mass is 16.5. The molecule has 3 N–H and O–H groups in total. The van der Waals surface area contributed by atoms with Crippen LogP contribution in [0.2, 0.25) is 0 Å². The SMILES string of the molecule is O=C(c1cccc(C#Cc2ccc(C3(CO)COC3)cc2)c1-c1ccc2cc[nH]c2c1)C(O)c1ccccc1. The van der Waals surface area contributed by atoms with Crippen LogP contribution in [-0.4, -0.2) is 40.8 Å². The lowest BCUT2D eigenvalue weighted by molar-refractivity contribution is -0.0841. The molecule has 1 saturated heterocycles. The molecule has 1 aromatic heterocycles. The van der Waals surface area contributed by atoms with Crippen molar-refractivity contribution >= 4 is 16.7 Å². The second-order valence-electron chi connectivity index (χ2n) is 9.94. The number of aliphatic hydroxyl groups excluding tert-OH is 2. The summed E-state index contributed by atoms with van der Waals surface area (Å²) in [5.74, 6) is 6.13. The first-order valence-electron chi connectivity index (χ1n) is 12.9. The van der Waals surface area contributed by atoms with E-state index in [0.29, 0.717) is 35.5 Å². The number of hydrogen-bond donors (Lipinski definition) is 3. The number of hydrogen-bond acceptors (Lipinski definition) is 4. The summed E-state index contributed by atoms with van der Waals surface area (Å²) in [6, 6.07) is 30.2. The Hall–Kier alpha value is -4.47. The van der Waals surface area contributed by atoms with Gasteiger partial charge in [0.15, 0.2) is 5.78 Å². The zero-order valence-electron chi connectivity index (χ0n) is 21.2. The van der Waals surface area contributed by atoms with E-state index in [-0.39, 0.29) is 17.8 Å². The minimum atomic E-state index is -1.29. The van der Waals surface area contributed by atoms with Gasteiger partial charge < -0.3 is 19.9 Å². The number of aliphatic hydroxyl groups is 2. The van der Waals surface area contributed by atoms with E-state index in [1.54, 1.807) is 36.4 Å². The summed E-state index contributed by atoms with van der Waals surface area (Å²) in [5, 5.41) is 21.9. The summed E-state index contributed by atoms with van der Waals surface area (Å²) < 4.78 is 5.34. The maximum absolute atomic E-state index is 13.6. The molecular formula is C34H27NO4. The third-order valence-electron chi connectivity index (χ3n) is 7.44. The molecule has 5 nitrogen and oxygen atoms in total. The third-order valence-corrected chi connectivity index (χ3v) is 7.44. The lowest BCUT2D eigenvalue weighted by Gasteiger charge is -2.40. The number of H-pyrrole nitrogens is 1. The van der Waals surface area contributed by atoms with E-state index in [9.17, 15) is 15.0 Å². The van der Waals surface area contributed by atoms with Gasteiger partial charge in [0.2, 0.25) is 0 Å². The number of ether oxygens (including phenoxy) is 1. The number of aromatic amines is 1. The molecule has 0 bridgehead atoms. The molecular weight excluding hydrogens is 486 g/mol. The molecule has 192 valence electrons. The standard InChI is InChI=1S/C34H27NO4/c36-20-34(21-39-22-34)28-15-10-23(11-16-28)9-12-25-7-4-8-29(33(38)32(37)26-5-2-1-3-6-26)31(25)27-14-13-24-17-18-35-30(24)19-27/h1-8,10-11,13-19,32,35-37H,20-22H2. The Morgan fingerprint density at radius 2 is 1.72 bits per heavy atom. The highest BCUT2D eigenvalue weighted by Gasteiger charge is 2.39. The molecule has 0 amide bonds. The molecule has 4 aromatic carbocycles. The molecule has 1 atom stereocenters. The molecule has 0 spiro atoms. The predicted octanol–water partition coefficient (Wildman–Crippen LogP) is 5.41. The second-order valence-corrected chi connectivity index (χ2v) is 9.94. The van der Waals surface area contributed by atoms with Gasteiger partial charge in [-0.1, -0.05) is 78.6 Å². The number of nitrogens with one attached hydrogen (secondary N) is 1. The number of Topliss-reactive ketones (excluding diaryl/α,β-unsaturated/α-hetero) is 1. The quantitative estimate of drug-likeness (QED) is 0.209. The van der Waals surface area contributed by atoms with Crippen LogP contribution < -0.4 is 0 Å². The zero-order valence-corrected chi connectivity index (χ0v) is 21.2. The maximum atomic E-state index is 13.6. The number of ketones is 1. The third kappa shape index (κ3) is 4.67. The van der Waals surface area contributed by atoms with Crippen molar-refractivity contribution in [3.8, 4) is 23.0 Å². The molecule has 0 radical (unpaired) electrons. The largest absolute Gasteiger partial charge is 0.395 e. The van der Waals surface area contributed by atoms with Crippen LogP contribution in [0.1, 0.15) is 38.7 Å². The Morgan fingerprint density at radius 1 is 0.923 bits per heavy atom. The fraction of sp³-hybridized carbons (Fsp3) is 0.147. The van der Waals surface area contributed by atoms with Gasteiger partial charge in [-0.05, 0) is 52.4 Å². The smallest absolute Gasteiger partial charge is 0.196 e. The molecule has 6 rings (SSSR count). The van der Waals surface area contributed by atoms with Gasteiger partial charge in [-0.15, -0.1) is 0 Å². The van der Waals surface area contributed by atoms with Crippen LogP contribution in [0.4, 0.5) is 0 Å². The van der Waals surface area contributed by atoms with E-state index in [4.69, 9.17) is 4.74 Å². The molecule has 1 unspecified atom stereocenters. The Labute approximate surface area is 226 Å². The zero-order chi connectivity index (χ0) is 26.8. The summed E-state index contributed by atoms with van der Waals surface area (Å²) in [7, 11) is 0. The van der Waals surface area contributed by atoms with Gasteiger partial charge in [-0.25, -0.2) is 0 Å². The van der Waals surface area contributed by atoms with Crippen molar-refractivity contribution in [2.75, 3.05) is 19.8 Å². The Morgan fingerprint density at radius 3 is 2.44 bits per heavy atom. The monoisotopic (exact) mass is 513 g/mol. The average Bonchev–Trinajstić information content (AvgIpc) is 3.44. The highest BCUT2D eigenvalue weighted by Crippen LogP contribution is 2.34. The summed E-state index contributed by atoms with van der Waals surface area (Å²) in [6.07, 6.45) is 0.593. The first-order chi connectivity index (χ1) is 19.1. The van der Waals surface area contributed by atoms with Crippen LogP contribution in [0, 0.1) is 11.8 Å². The van der Waals surface area contributed by atoms with Crippen molar-refractivity contribution in [3.63, 3.8) is 0 Å². The topological polar surface area (TPSA) is 82.5 Å². The van der Waals surface area contributed by atoms with Gasteiger partial charge in [-0.3, -0.25) is 4.79 Å². The summed E-state index contributed by atoms with van der Waals surface area (Å²) >= 11 is 0. The number of rotatable bonds is 6. The van der Waals surface area contributed by atoms with Crippen molar-refractivity contribution in [2.45, 2.75) is 11.5 Å². The van der Waals surface area contributed by atoms with E-state index in [0.717, 1.165) is 27.6 Å². The normalized spacial score (nSPS) is 14.7. The molecule has 1 aliphatic heterocycles. The minimum Gasteiger partial charge on any atom is -0.395 e. The van der Waals surface area contributed by atoms with E-state index in [2.05, 4.69) is 16.8 Å². The van der Waals surface area contributed by atoms with Crippen LogP contribution in [0.15, 0.2) is 103 Å². The van der Waals surface area contributed by atoms with Crippen LogP contribution in [0.5, 0.6) is 0 Å². The molecule has 2 heterocycles. The second kappa shape index (κ2) is 10.4. The maximum Gasteiger partial charge on any atom is 0.196 e. The van der Waals surface area contributed by atoms with Crippen molar-refractivity contribution < 1.29 is 19.7 Å². The van der Waals surface area contributed by atoms with Crippen LogP contribution in [0.3, 0.4) is 0 Å². The average molecular weight is 514 g/mol. The molecule has 5 heteroatoms. The molecule has 5 aromatic rings. The summed E-state index contributed by atoms with van der Waals surface area (Å²) in [6.45, 7) is 1.07. The van der Waals surface area contributed by atoms with Crippen LogP contribution in [0.25, 0.3) is 22.0 Å². The Balaban J connectivity index is 1.42. The van der Waals surface area contributed by atoms with Gasteiger partial charge in [0.05, 0.1) is 25.2 Å². The Bertz CT molecular complexity index is 1700. The van der Waals surface area contributed by atoms with Gasteiger partial charge in [-0.2, -0.15) is 0 Å². The lowest BCUT2D eigenvalue weighted by atomic mass is 9.79. The number of aromatic nitrogens is 1. The molecule has 1 aliphatic rings. The van der Waals surface area contributed by atoms with Crippen molar-refractivity contribution in [3.05, 3.63) is 131 Å². The van der Waals surface area contributed by atoms with E-state index < -0.39 is 6.10 Å². The van der Waals surface area contributed by atoms with Crippen molar-refractivity contribution in [2.24, 2.45) is 0 Å². The minimum absolute atomic E-state index is 0.0438. The molecule has 39 heavy (non-hydrogen) atoms. The first kappa shape index (κ1) is 24.8. The van der Waals surface area contributed by atoms with Gasteiger partial charge in [0, 0.05) is 34.0 Å². The van der Waals surface area contributed by atoms with Gasteiger partial charge in [0.1, 0.15) is 6.10 Å². The number of fused-ring (bicyclic) bond motifs is 1. The van der Waals surface area contributed by atoms with Crippen molar-refractivity contribution in [1.29, 1.82) is 0 Å². The Kier molecular flexibility index (Phi) is 6.60. The molecule has 0 aliphatic carbocycles. The van der Waals surface area contributed by atoms with Crippen LogP contribution in [-0.2, 0) is 10.2 Å². The van der Waals surface area contributed by atoms with Crippen LogP contribution >= 0.6 is 0 Å². The molecule has 0 saturated carbocycles. The fourth-order valence-electron chi connectivity index (χ4n) is 5.05. The number of benzene rings is 4. The summed E-state index contributed by atoms with van der Waals surface area (Å²) in [4.78, 5) is 16.9. The fourth-order valence-corrected chi connectivity index (χ4v) is 5.05. The van der Waals surface area contributed by atoms with Crippen molar-refractivity contribution in [1.82, 2.24) is 4.98 Å². The summed E-state index contributed by atoms with van der Waals surface area (Å²) in [5.41, 5.74) is 5.64. The van der Waals surface area contributed by atoms with E-state index >= 15 is 0 Å². The number of carbonyl (C=O) groups is 1. The van der Waals surface area contributed by atoms with E-state index in [1.807, 2.05) is 66.9 Å². The predicted molar refractivity (Wildman–Crippen MR) is 151 cm³/mol. The van der Waals surface area contributed by atoms with Gasteiger partial charge >= 0.3 is 0 Å². The lowest BCUT2D eigenvalue weighted by Crippen LogP contribution is -2.49. The van der Waals surface area contributed by atoms with Gasteiger partial charge in [0.25, 0.3) is 0 Å². The van der Waals surface area contributed by atoms with E-state index in [1.165, 1.54) is 0 Å². The first-order valence-corrected chi connectivity index (χ1v) is 12.9. The molecule has 1 fully saturated rings. The number of carbonyl (C=O) groups excluding carboxylic acids is 1. The highest BCUT2D eigenvalue weighted by molar-refractivity contribution is 6.07.